The molecule has 0 aliphatic carbocycles. The summed E-state index contributed by atoms with van der Waals surface area (Å²) in [6.07, 6.45) is 1.39. The first-order chi connectivity index (χ1) is 17.0. The SMILES string of the molecule is O=C1CCC(N2C(=O)C3=C(C2=O)N(Cc2nc4cc(-c5ccccc5)ccc4o2)CCC3)C(=O)N1. The Morgan fingerprint density at radius 1 is 0.971 bits per heavy atom. The molecular weight excluding hydrogens is 448 g/mol. The Morgan fingerprint density at radius 2 is 1.80 bits per heavy atom. The van der Waals surface area contributed by atoms with Gasteiger partial charge >= 0.3 is 0 Å². The molecule has 1 atom stereocenters. The fraction of sp³-hybridized carbons (Fsp3) is 0.269. The Balaban J connectivity index is 1.26. The fourth-order valence-electron chi connectivity index (χ4n) is 5.08. The van der Waals surface area contributed by atoms with Crippen LogP contribution < -0.4 is 5.32 Å². The maximum absolute atomic E-state index is 13.3. The molecule has 6 rings (SSSR count). The molecule has 4 amide bonds. The molecule has 1 unspecified atom stereocenters. The van der Waals surface area contributed by atoms with Gasteiger partial charge in [0.25, 0.3) is 11.8 Å². The van der Waals surface area contributed by atoms with Crippen LogP contribution in [0.15, 0.2) is 64.2 Å². The number of oxazole rings is 1. The molecule has 1 fully saturated rings. The summed E-state index contributed by atoms with van der Waals surface area (Å²) in [4.78, 5) is 57.8. The third kappa shape index (κ3) is 3.60. The van der Waals surface area contributed by atoms with E-state index in [9.17, 15) is 19.2 Å². The summed E-state index contributed by atoms with van der Waals surface area (Å²) in [5.41, 5.74) is 4.17. The minimum atomic E-state index is -0.971. The van der Waals surface area contributed by atoms with Gasteiger partial charge in [-0.3, -0.25) is 29.4 Å². The second-order valence-corrected chi connectivity index (χ2v) is 8.96. The molecule has 0 spiro atoms. The summed E-state index contributed by atoms with van der Waals surface area (Å²) in [5, 5.41) is 2.23. The second kappa shape index (κ2) is 8.19. The van der Waals surface area contributed by atoms with Gasteiger partial charge in [-0.25, -0.2) is 4.98 Å². The standard InChI is InChI=1S/C26H22N4O5/c31-21-11-9-19(24(32)28-21)30-25(33)17-7-4-12-29(23(17)26(30)34)14-22-27-18-13-16(8-10-20(18)35-22)15-5-2-1-3-6-15/h1-3,5-6,8,10,13,19H,4,7,9,11-12,14H2,(H,28,31,32). The molecule has 35 heavy (non-hydrogen) atoms. The van der Waals surface area contributed by atoms with Crippen LogP contribution in [0, 0.1) is 0 Å². The highest BCUT2D eigenvalue weighted by Gasteiger charge is 2.48. The lowest BCUT2D eigenvalue weighted by Crippen LogP contribution is -2.55. The topological polar surface area (TPSA) is 113 Å². The van der Waals surface area contributed by atoms with E-state index in [1.165, 1.54) is 0 Å². The van der Waals surface area contributed by atoms with Crippen molar-refractivity contribution >= 4 is 34.7 Å². The first kappa shape index (κ1) is 21.3. The number of hydrogen-bond acceptors (Lipinski definition) is 7. The van der Waals surface area contributed by atoms with Crippen LogP contribution >= 0.6 is 0 Å². The van der Waals surface area contributed by atoms with E-state index >= 15 is 0 Å². The van der Waals surface area contributed by atoms with Gasteiger partial charge in [-0.1, -0.05) is 36.4 Å². The van der Waals surface area contributed by atoms with Crippen LogP contribution in [0.2, 0.25) is 0 Å². The summed E-state index contributed by atoms with van der Waals surface area (Å²) in [5.74, 6) is -1.51. The lowest BCUT2D eigenvalue weighted by molar-refractivity contribution is -0.150. The van der Waals surface area contributed by atoms with Crippen molar-refractivity contribution in [3.05, 3.63) is 65.7 Å². The number of carbonyl (C=O) groups is 4. The van der Waals surface area contributed by atoms with Crippen LogP contribution in [-0.2, 0) is 25.7 Å². The van der Waals surface area contributed by atoms with Crippen LogP contribution in [0.5, 0.6) is 0 Å². The molecule has 4 heterocycles. The van der Waals surface area contributed by atoms with Crippen molar-refractivity contribution in [2.24, 2.45) is 0 Å². The quantitative estimate of drug-likeness (QED) is 0.583. The monoisotopic (exact) mass is 470 g/mol. The number of benzene rings is 2. The average Bonchev–Trinajstić information content (AvgIpc) is 3.38. The summed E-state index contributed by atoms with van der Waals surface area (Å²) in [7, 11) is 0. The molecule has 1 N–H and O–H groups in total. The maximum Gasteiger partial charge on any atom is 0.278 e. The molecule has 176 valence electrons. The molecular formula is C26H22N4O5. The van der Waals surface area contributed by atoms with Gasteiger partial charge in [-0.05, 0) is 42.5 Å². The van der Waals surface area contributed by atoms with Crippen molar-refractivity contribution in [2.45, 2.75) is 38.3 Å². The zero-order valence-electron chi connectivity index (χ0n) is 18.8. The molecule has 3 aromatic rings. The van der Waals surface area contributed by atoms with E-state index in [1.807, 2.05) is 53.4 Å². The van der Waals surface area contributed by atoms with Gasteiger partial charge in [0, 0.05) is 18.5 Å². The molecule has 2 aromatic carbocycles. The predicted molar refractivity (Wildman–Crippen MR) is 124 cm³/mol. The molecule has 1 aromatic heterocycles. The van der Waals surface area contributed by atoms with Gasteiger partial charge < -0.3 is 9.32 Å². The maximum atomic E-state index is 13.3. The van der Waals surface area contributed by atoms with Gasteiger partial charge in [0.1, 0.15) is 17.3 Å². The number of nitrogens with zero attached hydrogens (tertiary/aromatic N) is 3. The zero-order chi connectivity index (χ0) is 24.1. The highest BCUT2D eigenvalue weighted by atomic mass is 16.3. The van der Waals surface area contributed by atoms with E-state index in [1.54, 1.807) is 0 Å². The third-order valence-corrected chi connectivity index (χ3v) is 6.74. The summed E-state index contributed by atoms with van der Waals surface area (Å²) in [6, 6.07) is 14.8. The smallest absolute Gasteiger partial charge is 0.278 e. The molecule has 3 aliphatic rings. The van der Waals surface area contributed by atoms with E-state index in [2.05, 4.69) is 10.3 Å². The Bertz CT molecular complexity index is 1420. The number of amides is 4. The lowest BCUT2D eigenvalue weighted by atomic mass is 10.0. The van der Waals surface area contributed by atoms with Crippen LogP contribution in [-0.4, -0.2) is 51.0 Å². The molecule has 9 heteroatoms. The normalized spacial score (nSPS) is 20.6. The van der Waals surface area contributed by atoms with Gasteiger partial charge in [0.05, 0.1) is 6.54 Å². The highest BCUT2D eigenvalue weighted by Crippen LogP contribution is 2.35. The minimum absolute atomic E-state index is 0.0930. The lowest BCUT2D eigenvalue weighted by Gasteiger charge is -2.30. The largest absolute Gasteiger partial charge is 0.439 e. The predicted octanol–water partition coefficient (Wildman–Crippen LogP) is 2.52. The van der Waals surface area contributed by atoms with Gasteiger partial charge in [-0.15, -0.1) is 0 Å². The van der Waals surface area contributed by atoms with E-state index in [-0.39, 0.29) is 19.4 Å². The number of rotatable bonds is 4. The zero-order valence-corrected chi connectivity index (χ0v) is 18.8. The number of fused-ring (bicyclic) bond motifs is 1. The van der Waals surface area contributed by atoms with Crippen molar-refractivity contribution in [3.8, 4) is 11.1 Å². The molecule has 0 radical (unpaired) electrons. The Morgan fingerprint density at radius 3 is 2.60 bits per heavy atom. The number of imide groups is 2. The number of carbonyl (C=O) groups excluding carboxylic acids is 4. The van der Waals surface area contributed by atoms with Crippen LogP contribution in [0.4, 0.5) is 0 Å². The molecule has 1 saturated heterocycles. The molecule has 9 nitrogen and oxygen atoms in total. The van der Waals surface area contributed by atoms with Gasteiger partial charge in [0.2, 0.25) is 17.7 Å². The Hall–Kier alpha value is -4.27. The number of nitrogens with one attached hydrogen (secondary N) is 1. The first-order valence-electron chi connectivity index (χ1n) is 11.6. The minimum Gasteiger partial charge on any atom is -0.439 e. The number of piperidine rings is 1. The molecule has 0 bridgehead atoms. The van der Waals surface area contributed by atoms with E-state index in [0.29, 0.717) is 47.6 Å². The molecule has 3 aliphatic heterocycles. The Labute approximate surface area is 200 Å². The Kier molecular flexibility index (Phi) is 4.98. The molecule has 0 saturated carbocycles. The highest BCUT2D eigenvalue weighted by molar-refractivity contribution is 6.21. The summed E-state index contributed by atoms with van der Waals surface area (Å²) in [6.45, 7) is 0.797. The van der Waals surface area contributed by atoms with Crippen LogP contribution in [0.1, 0.15) is 31.6 Å². The number of hydrogen-bond donors (Lipinski definition) is 1. The second-order valence-electron chi connectivity index (χ2n) is 8.96. The van der Waals surface area contributed by atoms with E-state index in [4.69, 9.17) is 4.42 Å². The number of aromatic nitrogens is 1. The summed E-state index contributed by atoms with van der Waals surface area (Å²) < 4.78 is 5.96. The third-order valence-electron chi connectivity index (χ3n) is 6.74. The van der Waals surface area contributed by atoms with Crippen molar-refractivity contribution in [1.29, 1.82) is 0 Å². The fourth-order valence-corrected chi connectivity index (χ4v) is 5.08. The first-order valence-corrected chi connectivity index (χ1v) is 11.6. The van der Waals surface area contributed by atoms with Crippen LogP contribution in [0.25, 0.3) is 22.2 Å². The van der Waals surface area contributed by atoms with E-state index < -0.39 is 29.7 Å². The average molecular weight is 470 g/mol. The van der Waals surface area contributed by atoms with Crippen molar-refractivity contribution < 1.29 is 23.6 Å². The van der Waals surface area contributed by atoms with Crippen LogP contribution in [0.3, 0.4) is 0 Å². The van der Waals surface area contributed by atoms with Crippen molar-refractivity contribution in [2.75, 3.05) is 6.54 Å². The van der Waals surface area contributed by atoms with Crippen molar-refractivity contribution in [3.63, 3.8) is 0 Å². The van der Waals surface area contributed by atoms with Crippen molar-refractivity contribution in [1.82, 2.24) is 20.1 Å². The summed E-state index contributed by atoms with van der Waals surface area (Å²) >= 11 is 0. The van der Waals surface area contributed by atoms with E-state index in [0.717, 1.165) is 16.0 Å². The van der Waals surface area contributed by atoms with Gasteiger partial charge in [0.15, 0.2) is 5.58 Å². The van der Waals surface area contributed by atoms with Gasteiger partial charge in [-0.2, -0.15) is 0 Å².